The lowest BCUT2D eigenvalue weighted by Gasteiger charge is -1.99. The van der Waals surface area contributed by atoms with E-state index in [0.717, 1.165) is 13.1 Å². The van der Waals surface area contributed by atoms with Crippen LogP contribution in [0.25, 0.3) is 0 Å². The fourth-order valence-corrected chi connectivity index (χ4v) is 1.10. The zero-order valence-corrected chi connectivity index (χ0v) is 8.10. The molecule has 0 aromatic carbocycles. The lowest BCUT2D eigenvalue weighted by molar-refractivity contribution is 0.574. The molecule has 0 aromatic rings. The van der Waals surface area contributed by atoms with Gasteiger partial charge >= 0.3 is 0 Å². The van der Waals surface area contributed by atoms with Crippen molar-refractivity contribution < 1.29 is 0 Å². The molecule has 0 N–H and O–H groups in total. The fourth-order valence-electron chi connectivity index (χ4n) is 1.10. The highest BCUT2D eigenvalue weighted by molar-refractivity contribution is 4.47. The third kappa shape index (κ3) is 9.96. The van der Waals surface area contributed by atoms with Crippen LogP contribution in [0.15, 0.2) is 0 Å². The van der Waals surface area contributed by atoms with E-state index in [1.807, 2.05) is 0 Å². The normalized spacial score (nSPS) is 10.4. The van der Waals surface area contributed by atoms with Crippen molar-refractivity contribution in [3.63, 3.8) is 0 Å². The quantitative estimate of drug-likeness (QED) is 0.480. The van der Waals surface area contributed by atoms with Crippen molar-refractivity contribution in [2.75, 3.05) is 13.1 Å². The minimum atomic E-state index is 1.06. The molecule has 0 rings (SSSR count). The van der Waals surface area contributed by atoms with Crippen LogP contribution in [0.4, 0.5) is 0 Å². The highest BCUT2D eigenvalue weighted by atomic mass is 14.8. The molecule has 0 aliphatic carbocycles. The van der Waals surface area contributed by atoms with E-state index in [1.54, 1.807) is 0 Å². The molecule has 0 unspecified atom stereocenters. The molecule has 0 aliphatic heterocycles. The Morgan fingerprint density at radius 3 is 2.09 bits per heavy atom. The second kappa shape index (κ2) is 9.96. The average molecular weight is 156 g/mol. The van der Waals surface area contributed by atoms with Gasteiger partial charge in [0.25, 0.3) is 0 Å². The molecule has 0 saturated carbocycles. The van der Waals surface area contributed by atoms with Crippen molar-refractivity contribution in [1.29, 1.82) is 0 Å². The number of hydrogen-bond donors (Lipinski definition) is 0. The number of rotatable bonds is 8. The number of nitrogens with zero attached hydrogens (tertiary/aromatic N) is 1. The third-order valence-corrected chi connectivity index (χ3v) is 1.80. The van der Waals surface area contributed by atoms with E-state index in [1.165, 1.54) is 38.5 Å². The molecule has 0 saturated heterocycles. The summed E-state index contributed by atoms with van der Waals surface area (Å²) in [5, 5.41) is 4.39. The van der Waals surface area contributed by atoms with Crippen LogP contribution >= 0.6 is 0 Å². The van der Waals surface area contributed by atoms with E-state index in [4.69, 9.17) is 0 Å². The van der Waals surface area contributed by atoms with Crippen LogP contribution in [-0.4, -0.2) is 13.1 Å². The standard InChI is InChI=1S/C10H22N/c1-3-5-6-7-8-10-11-9-4-2/h3-10H2,1-2H3. The first-order valence-electron chi connectivity index (χ1n) is 5.05. The predicted octanol–water partition coefficient (Wildman–Crippen LogP) is 2.97. The molecule has 0 heterocycles. The van der Waals surface area contributed by atoms with Crippen LogP contribution in [0.1, 0.15) is 52.4 Å². The van der Waals surface area contributed by atoms with Gasteiger partial charge in [0.2, 0.25) is 0 Å². The van der Waals surface area contributed by atoms with E-state index < -0.39 is 0 Å². The first-order chi connectivity index (χ1) is 5.41. The maximum absolute atomic E-state index is 4.39. The van der Waals surface area contributed by atoms with Gasteiger partial charge in [-0.05, 0) is 12.8 Å². The van der Waals surface area contributed by atoms with Gasteiger partial charge < -0.3 is 0 Å². The summed E-state index contributed by atoms with van der Waals surface area (Å²) in [6, 6.07) is 0. The van der Waals surface area contributed by atoms with E-state index in [2.05, 4.69) is 19.2 Å². The zero-order valence-electron chi connectivity index (χ0n) is 8.10. The monoisotopic (exact) mass is 156 g/mol. The minimum absolute atomic E-state index is 1.06. The van der Waals surface area contributed by atoms with Gasteiger partial charge in [-0.3, -0.25) is 0 Å². The molecule has 0 aromatic heterocycles. The van der Waals surface area contributed by atoms with Gasteiger partial charge in [0.05, 0.1) is 0 Å². The lowest BCUT2D eigenvalue weighted by Crippen LogP contribution is -2.07. The molecule has 0 bridgehead atoms. The largest absolute Gasteiger partial charge is 0.242 e. The van der Waals surface area contributed by atoms with Gasteiger partial charge in [-0.2, -0.15) is 0 Å². The second-order valence-electron chi connectivity index (χ2n) is 3.09. The summed E-state index contributed by atoms with van der Waals surface area (Å²) < 4.78 is 0. The lowest BCUT2D eigenvalue weighted by atomic mass is 10.1. The Balaban J connectivity index is 2.69. The Kier molecular flexibility index (Phi) is 9.92. The Morgan fingerprint density at radius 1 is 0.727 bits per heavy atom. The summed E-state index contributed by atoms with van der Waals surface area (Å²) in [6.07, 6.45) is 8.02. The molecule has 1 heteroatoms. The molecule has 67 valence electrons. The second-order valence-corrected chi connectivity index (χ2v) is 3.09. The molecule has 0 atom stereocenters. The Bertz CT molecular complexity index is 53.9. The third-order valence-electron chi connectivity index (χ3n) is 1.80. The van der Waals surface area contributed by atoms with E-state index in [0.29, 0.717) is 0 Å². The van der Waals surface area contributed by atoms with Crippen LogP contribution in [0.3, 0.4) is 0 Å². The van der Waals surface area contributed by atoms with E-state index >= 15 is 0 Å². The predicted molar refractivity (Wildman–Crippen MR) is 50.9 cm³/mol. The van der Waals surface area contributed by atoms with Crippen LogP contribution < -0.4 is 5.32 Å². The molecule has 11 heavy (non-hydrogen) atoms. The van der Waals surface area contributed by atoms with Crippen molar-refractivity contribution in [2.45, 2.75) is 52.4 Å². The van der Waals surface area contributed by atoms with Gasteiger partial charge in [0, 0.05) is 13.1 Å². The van der Waals surface area contributed by atoms with Crippen LogP contribution in [0, 0.1) is 0 Å². The Labute approximate surface area is 71.6 Å². The topological polar surface area (TPSA) is 14.1 Å². The van der Waals surface area contributed by atoms with Crippen LogP contribution in [0.5, 0.6) is 0 Å². The van der Waals surface area contributed by atoms with Crippen molar-refractivity contribution in [3.8, 4) is 0 Å². The fraction of sp³-hybridized carbons (Fsp3) is 1.00. The molecule has 1 radical (unpaired) electrons. The summed E-state index contributed by atoms with van der Waals surface area (Å²) in [4.78, 5) is 0. The maximum Gasteiger partial charge on any atom is 0.0133 e. The molecule has 1 nitrogen and oxygen atoms in total. The van der Waals surface area contributed by atoms with Crippen LogP contribution in [-0.2, 0) is 0 Å². The first kappa shape index (κ1) is 11.0. The number of unbranched alkanes of at least 4 members (excludes halogenated alkanes) is 4. The van der Waals surface area contributed by atoms with Crippen molar-refractivity contribution in [3.05, 3.63) is 0 Å². The summed E-state index contributed by atoms with van der Waals surface area (Å²) in [6.45, 7) is 6.59. The SMILES string of the molecule is CCCCCCC[N]CCC. The van der Waals surface area contributed by atoms with Crippen molar-refractivity contribution in [2.24, 2.45) is 0 Å². The first-order valence-corrected chi connectivity index (χ1v) is 5.05. The molecule has 0 spiro atoms. The molecular weight excluding hydrogens is 134 g/mol. The molecular formula is C10H22N. The van der Waals surface area contributed by atoms with Crippen molar-refractivity contribution in [1.82, 2.24) is 5.32 Å². The van der Waals surface area contributed by atoms with Gasteiger partial charge in [0.1, 0.15) is 0 Å². The summed E-state index contributed by atoms with van der Waals surface area (Å²) in [7, 11) is 0. The summed E-state index contributed by atoms with van der Waals surface area (Å²) >= 11 is 0. The molecule has 0 aliphatic rings. The minimum Gasteiger partial charge on any atom is -0.242 e. The highest BCUT2D eigenvalue weighted by Gasteiger charge is 1.88. The highest BCUT2D eigenvalue weighted by Crippen LogP contribution is 2.01. The Morgan fingerprint density at radius 2 is 1.45 bits per heavy atom. The van der Waals surface area contributed by atoms with Gasteiger partial charge in [-0.15, -0.1) is 0 Å². The summed E-state index contributed by atoms with van der Waals surface area (Å²) in [5.41, 5.74) is 0. The van der Waals surface area contributed by atoms with Crippen molar-refractivity contribution >= 4 is 0 Å². The summed E-state index contributed by atoms with van der Waals surface area (Å²) in [5.74, 6) is 0. The number of hydrogen-bond acceptors (Lipinski definition) is 0. The van der Waals surface area contributed by atoms with Gasteiger partial charge in [0.15, 0.2) is 0 Å². The zero-order chi connectivity index (χ0) is 8.36. The smallest absolute Gasteiger partial charge is 0.0133 e. The van der Waals surface area contributed by atoms with E-state index in [9.17, 15) is 0 Å². The van der Waals surface area contributed by atoms with E-state index in [-0.39, 0.29) is 0 Å². The van der Waals surface area contributed by atoms with Gasteiger partial charge in [-0.1, -0.05) is 39.5 Å². The van der Waals surface area contributed by atoms with Gasteiger partial charge in [-0.25, -0.2) is 5.32 Å². The average Bonchev–Trinajstić information content (AvgIpc) is 2.03. The molecule has 0 fully saturated rings. The maximum atomic E-state index is 4.39. The van der Waals surface area contributed by atoms with Crippen LogP contribution in [0.2, 0.25) is 0 Å². The molecule has 0 amide bonds. The Hall–Kier alpha value is -0.0400.